The van der Waals surface area contributed by atoms with Gasteiger partial charge in [-0.3, -0.25) is 4.79 Å². The second-order valence-corrected chi connectivity index (χ2v) is 10.3. The van der Waals surface area contributed by atoms with Gasteiger partial charge >= 0.3 is 12.1 Å². The number of carbonyl (C=O) groups excluding carboxylic acids is 2. The van der Waals surface area contributed by atoms with Crippen LogP contribution in [0.25, 0.3) is 5.65 Å². The first kappa shape index (κ1) is 27.0. The van der Waals surface area contributed by atoms with Gasteiger partial charge in [0, 0.05) is 26.1 Å². The van der Waals surface area contributed by atoms with Gasteiger partial charge in [0.25, 0.3) is 0 Å². The number of fused-ring (bicyclic) bond motifs is 1. The number of methoxy groups -OCH3 is 1. The van der Waals surface area contributed by atoms with Gasteiger partial charge in [0.05, 0.1) is 36.7 Å². The molecule has 1 saturated carbocycles. The van der Waals surface area contributed by atoms with Crippen LogP contribution >= 0.6 is 0 Å². The van der Waals surface area contributed by atoms with Crippen molar-refractivity contribution in [3.05, 3.63) is 65.6 Å². The van der Waals surface area contributed by atoms with Gasteiger partial charge in [-0.05, 0) is 48.8 Å². The Hall–Kier alpha value is -3.60. The van der Waals surface area contributed by atoms with E-state index in [2.05, 4.69) is 10.4 Å². The van der Waals surface area contributed by atoms with E-state index in [-0.39, 0.29) is 44.2 Å². The zero-order chi connectivity index (χ0) is 27.5. The number of alkyl carbamates (subject to hydrolysis) is 1. The normalized spacial score (nSPS) is 19.8. The third kappa shape index (κ3) is 5.88. The fourth-order valence-electron chi connectivity index (χ4n) is 5.55. The molecule has 3 heterocycles. The van der Waals surface area contributed by atoms with E-state index in [1.165, 1.54) is 7.11 Å². The number of halogens is 2. The van der Waals surface area contributed by atoms with E-state index in [1.54, 1.807) is 23.0 Å². The highest BCUT2D eigenvalue weighted by Crippen LogP contribution is 2.42. The standard InChI is InChI=1S/C28H32F2N4O5/c1-37-25(35)27(11-13-38-14-12-27)21-15-23-32-22(17-34(23)31-16-21)24(20-7-9-28(29,30)10-8-20)33-26(36)39-18-19-5-3-2-4-6-19/h2-6,15-17,20,24H,7-14,18H2,1H3,(H,33,36)/t24-/m0/s1. The third-order valence-electron chi connectivity index (χ3n) is 7.85. The zero-order valence-electron chi connectivity index (χ0n) is 21.8. The summed E-state index contributed by atoms with van der Waals surface area (Å²) in [6.07, 6.45) is 3.52. The van der Waals surface area contributed by atoms with E-state index in [1.807, 2.05) is 30.3 Å². The fraction of sp³-hybridized carbons (Fsp3) is 0.500. The van der Waals surface area contributed by atoms with Crippen molar-refractivity contribution in [1.82, 2.24) is 19.9 Å². The van der Waals surface area contributed by atoms with Crippen molar-refractivity contribution in [1.29, 1.82) is 0 Å². The first-order chi connectivity index (χ1) is 18.8. The van der Waals surface area contributed by atoms with Crippen LogP contribution < -0.4 is 5.32 Å². The number of ether oxygens (including phenoxy) is 3. The lowest BCUT2D eigenvalue weighted by Crippen LogP contribution is -2.42. The van der Waals surface area contributed by atoms with Crippen molar-refractivity contribution < 1.29 is 32.6 Å². The van der Waals surface area contributed by atoms with Crippen LogP contribution in [-0.2, 0) is 31.0 Å². The van der Waals surface area contributed by atoms with Crippen LogP contribution in [0.15, 0.2) is 48.8 Å². The molecular weight excluding hydrogens is 510 g/mol. The first-order valence-electron chi connectivity index (χ1n) is 13.2. The van der Waals surface area contributed by atoms with E-state index in [0.29, 0.717) is 43.0 Å². The molecule has 208 valence electrons. The number of benzene rings is 1. The van der Waals surface area contributed by atoms with Gasteiger partial charge in [-0.1, -0.05) is 30.3 Å². The van der Waals surface area contributed by atoms with E-state index < -0.39 is 23.5 Å². The zero-order valence-corrected chi connectivity index (χ0v) is 21.8. The average molecular weight is 543 g/mol. The Morgan fingerprint density at radius 2 is 1.87 bits per heavy atom. The molecule has 1 amide bonds. The Balaban J connectivity index is 1.41. The summed E-state index contributed by atoms with van der Waals surface area (Å²) in [6, 6.07) is 10.4. The number of imidazole rings is 1. The van der Waals surface area contributed by atoms with Crippen LogP contribution in [-0.4, -0.2) is 52.9 Å². The van der Waals surface area contributed by atoms with Gasteiger partial charge in [-0.2, -0.15) is 5.10 Å². The van der Waals surface area contributed by atoms with Crippen molar-refractivity contribution in [2.75, 3.05) is 20.3 Å². The van der Waals surface area contributed by atoms with Crippen LogP contribution in [0.1, 0.15) is 61.4 Å². The molecule has 1 aromatic carbocycles. The maximum atomic E-state index is 13.9. The molecule has 3 aromatic rings. The summed E-state index contributed by atoms with van der Waals surface area (Å²) in [7, 11) is 1.36. The van der Waals surface area contributed by atoms with Gasteiger partial charge in [0.1, 0.15) is 6.61 Å². The summed E-state index contributed by atoms with van der Waals surface area (Å²) in [4.78, 5) is 30.4. The maximum Gasteiger partial charge on any atom is 0.408 e. The third-order valence-corrected chi connectivity index (χ3v) is 7.85. The number of carbonyl (C=O) groups is 2. The highest BCUT2D eigenvalue weighted by Gasteiger charge is 2.44. The van der Waals surface area contributed by atoms with Crippen LogP contribution in [0.2, 0.25) is 0 Å². The summed E-state index contributed by atoms with van der Waals surface area (Å²) in [5, 5.41) is 7.36. The predicted molar refractivity (Wildman–Crippen MR) is 136 cm³/mol. The molecule has 0 radical (unpaired) electrons. The van der Waals surface area contributed by atoms with E-state index in [9.17, 15) is 18.4 Å². The molecule has 2 fully saturated rings. The van der Waals surface area contributed by atoms with E-state index in [0.717, 1.165) is 5.56 Å². The Bertz CT molecular complexity index is 1300. The van der Waals surface area contributed by atoms with Crippen molar-refractivity contribution >= 4 is 17.7 Å². The SMILES string of the molecule is COC(=O)C1(c2cnn3cc([C@@H](NC(=O)OCc4ccccc4)C4CCC(F)(F)CC4)nc3c2)CCOCC1. The topological polar surface area (TPSA) is 104 Å². The molecule has 2 aromatic heterocycles. The Morgan fingerprint density at radius 1 is 1.15 bits per heavy atom. The number of hydrogen-bond acceptors (Lipinski definition) is 7. The molecule has 2 aliphatic rings. The number of esters is 1. The molecule has 1 atom stereocenters. The number of amides is 1. The average Bonchev–Trinajstić information content (AvgIpc) is 3.39. The summed E-state index contributed by atoms with van der Waals surface area (Å²) in [6.45, 7) is 0.921. The van der Waals surface area contributed by atoms with Gasteiger partial charge in [-0.15, -0.1) is 0 Å². The number of hydrogen-bond donors (Lipinski definition) is 1. The minimum atomic E-state index is -2.71. The van der Waals surface area contributed by atoms with Crippen LogP contribution in [0.3, 0.4) is 0 Å². The summed E-state index contributed by atoms with van der Waals surface area (Å²) in [5.74, 6) is -3.32. The van der Waals surface area contributed by atoms with Gasteiger partial charge in [0.15, 0.2) is 5.65 Å². The number of nitrogens with one attached hydrogen (secondary N) is 1. The fourth-order valence-corrected chi connectivity index (χ4v) is 5.55. The van der Waals surface area contributed by atoms with E-state index in [4.69, 9.17) is 19.2 Å². The smallest absolute Gasteiger partial charge is 0.408 e. The second kappa shape index (κ2) is 11.3. The Kier molecular flexibility index (Phi) is 7.79. The largest absolute Gasteiger partial charge is 0.468 e. The van der Waals surface area contributed by atoms with Crippen LogP contribution in [0.5, 0.6) is 0 Å². The summed E-state index contributed by atoms with van der Waals surface area (Å²) < 4.78 is 45.5. The molecule has 1 aliphatic heterocycles. The number of nitrogens with zero attached hydrogens (tertiary/aromatic N) is 3. The molecule has 5 rings (SSSR count). The predicted octanol–water partition coefficient (Wildman–Crippen LogP) is 4.74. The molecule has 1 N–H and O–H groups in total. The Morgan fingerprint density at radius 3 is 2.56 bits per heavy atom. The molecule has 0 spiro atoms. The minimum absolute atomic E-state index is 0.0809. The highest BCUT2D eigenvalue weighted by atomic mass is 19.3. The number of alkyl halides is 2. The van der Waals surface area contributed by atoms with Gasteiger partial charge in [-0.25, -0.2) is 23.1 Å². The highest BCUT2D eigenvalue weighted by molar-refractivity contribution is 5.83. The van der Waals surface area contributed by atoms with Crippen molar-refractivity contribution in [2.24, 2.45) is 5.92 Å². The molecule has 39 heavy (non-hydrogen) atoms. The lowest BCUT2D eigenvalue weighted by molar-refractivity contribution is -0.151. The quantitative estimate of drug-likeness (QED) is 0.430. The molecule has 0 bridgehead atoms. The number of rotatable bonds is 7. The number of aromatic nitrogens is 3. The molecular formula is C28H32F2N4O5. The minimum Gasteiger partial charge on any atom is -0.468 e. The monoisotopic (exact) mass is 542 g/mol. The van der Waals surface area contributed by atoms with Crippen molar-refractivity contribution in [3.63, 3.8) is 0 Å². The molecule has 9 nitrogen and oxygen atoms in total. The van der Waals surface area contributed by atoms with Crippen LogP contribution in [0, 0.1) is 5.92 Å². The maximum absolute atomic E-state index is 13.9. The molecule has 0 unspecified atom stereocenters. The lowest BCUT2D eigenvalue weighted by Gasteiger charge is -2.34. The first-order valence-corrected chi connectivity index (χ1v) is 13.2. The molecule has 11 heteroatoms. The van der Waals surface area contributed by atoms with Crippen molar-refractivity contribution in [2.45, 2.75) is 62.5 Å². The lowest BCUT2D eigenvalue weighted by atomic mass is 9.75. The summed E-state index contributed by atoms with van der Waals surface area (Å²) >= 11 is 0. The molecule has 1 saturated heterocycles. The van der Waals surface area contributed by atoms with Gasteiger partial charge < -0.3 is 19.5 Å². The van der Waals surface area contributed by atoms with Crippen LogP contribution in [0.4, 0.5) is 13.6 Å². The molecule has 1 aliphatic carbocycles. The van der Waals surface area contributed by atoms with Gasteiger partial charge in [0.2, 0.25) is 5.92 Å². The second-order valence-electron chi connectivity index (χ2n) is 10.3. The Labute approximate surface area is 224 Å². The summed E-state index contributed by atoms with van der Waals surface area (Å²) in [5.41, 5.74) is 1.58. The van der Waals surface area contributed by atoms with Crippen molar-refractivity contribution in [3.8, 4) is 0 Å². The van der Waals surface area contributed by atoms with E-state index >= 15 is 0 Å².